The number of aryl methyl sites for hydroxylation is 2. The van der Waals surface area contributed by atoms with E-state index in [9.17, 15) is 0 Å². The third kappa shape index (κ3) is 7.13. The Bertz CT molecular complexity index is 854. The molecule has 8 nitrogen and oxygen atoms in total. The van der Waals surface area contributed by atoms with Crippen LogP contribution in [0.4, 0.5) is 0 Å². The lowest BCUT2D eigenvalue weighted by Crippen LogP contribution is -2.53. The van der Waals surface area contributed by atoms with E-state index < -0.39 is 0 Å². The summed E-state index contributed by atoms with van der Waals surface area (Å²) in [6, 6.07) is 2.02. The van der Waals surface area contributed by atoms with Gasteiger partial charge in [0, 0.05) is 64.3 Å². The van der Waals surface area contributed by atoms with Gasteiger partial charge in [0.05, 0.1) is 16.4 Å². The van der Waals surface area contributed by atoms with Crippen molar-refractivity contribution in [3.8, 4) is 0 Å². The Labute approximate surface area is 212 Å². The van der Waals surface area contributed by atoms with Crippen LogP contribution in [0, 0.1) is 19.8 Å². The number of halogens is 1. The first-order chi connectivity index (χ1) is 15.1. The van der Waals surface area contributed by atoms with Gasteiger partial charge in [-0.05, 0) is 45.7 Å². The molecule has 178 valence electrons. The number of nitrogens with zero attached hydrogens (tertiary/aromatic N) is 6. The fourth-order valence-corrected chi connectivity index (χ4v) is 5.07. The number of likely N-dealkylation sites (tertiary alicyclic amines) is 1. The van der Waals surface area contributed by atoms with E-state index in [1.165, 1.54) is 18.5 Å². The number of guanidine groups is 1. The van der Waals surface area contributed by atoms with Gasteiger partial charge in [0.2, 0.25) is 0 Å². The number of piperidine rings is 1. The highest BCUT2D eigenvalue weighted by Crippen LogP contribution is 2.19. The normalized spacial score (nSPS) is 19.2. The molecule has 0 unspecified atom stereocenters. The van der Waals surface area contributed by atoms with Crippen LogP contribution >= 0.6 is 35.3 Å². The van der Waals surface area contributed by atoms with Gasteiger partial charge >= 0.3 is 0 Å². The lowest BCUT2D eigenvalue weighted by Gasteiger charge is -2.37. The van der Waals surface area contributed by atoms with Gasteiger partial charge in [0.1, 0.15) is 5.76 Å². The highest BCUT2D eigenvalue weighted by atomic mass is 127. The second-order valence-corrected chi connectivity index (χ2v) is 9.76. The quantitative estimate of drug-likeness (QED) is 0.324. The molecule has 2 aromatic rings. The number of hydrogen-bond acceptors (Lipinski definition) is 7. The van der Waals surface area contributed by atoms with Crippen molar-refractivity contribution in [1.29, 1.82) is 0 Å². The van der Waals surface area contributed by atoms with Gasteiger partial charge in [-0.1, -0.05) is 5.16 Å². The lowest BCUT2D eigenvalue weighted by molar-refractivity contribution is 0.164. The molecule has 10 heteroatoms. The highest BCUT2D eigenvalue weighted by Gasteiger charge is 2.23. The molecule has 0 amide bonds. The zero-order valence-corrected chi connectivity index (χ0v) is 22.6. The Hall–Kier alpha value is -1.24. The molecule has 0 saturated carbocycles. The summed E-state index contributed by atoms with van der Waals surface area (Å²) in [5.41, 5.74) is 2.24. The number of rotatable bonds is 6. The second kappa shape index (κ2) is 12.3. The molecule has 0 bridgehead atoms. The molecular formula is C22H36IN7OS. The molecule has 0 aliphatic carbocycles. The van der Waals surface area contributed by atoms with Crippen LogP contribution in [0.25, 0.3) is 0 Å². The first-order valence-electron chi connectivity index (χ1n) is 11.3. The first kappa shape index (κ1) is 25.4. The zero-order chi connectivity index (χ0) is 21.6. The SMILES string of the molecule is CN=C(NCC1CCN(Cc2csc(C)n2)CC1)N1CCN(Cc2cc(C)on2)CC1.I. The number of thiazole rings is 1. The fraction of sp³-hybridized carbons (Fsp3) is 0.682. The molecule has 4 heterocycles. The van der Waals surface area contributed by atoms with Crippen molar-refractivity contribution in [3.63, 3.8) is 0 Å². The summed E-state index contributed by atoms with van der Waals surface area (Å²) in [5, 5.41) is 11.1. The van der Waals surface area contributed by atoms with Crippen molar-refractivity contribution in [1.82, 2.24) is 30.2 Å². The molecule has 1 N–H and O–H groups in total. The summed E-state index contributed by atoms with van der Waals surface area (Å²) >= 11 is 1.75. The van der Waals surface area contributed by atoms with Crippen LogP contribution in [0.1, 0.15) is 35.0 Å². The van der Waals surface area contributed by atoms with Gasteiger partial charge in [0.15, 0.2) is 5.96 Å². The van der Waals surface area contributed by atoms with Crippen molar-refractivity contribution >= 4 is 41.3 Å². The smallest absolute Gasteiger partial charge is 0.193 e. The summed E-state index contributed by atoms with van der Waals surface area (Å²) in [6.07, 6.45) is 2.47. The maximum absolute atomic E-state index is 5.19. The largest absolute Gasteiger partial charge is 0.361 e. The van der Waals surface area contributed by atoms with Crippen molar-refractivity contribution in [2.75, 3.05) is 52.9 Å². The molecule has 0 aromatic carbocycles. The minimum atomic E-state index is 0. The maximum Gasteiger partial charge on any atom is 0.193 e. The van der Waals surface area contributed by atoms with E-state index in [0.717, 1.165) is 81.3 Å². The van der Waals surface area contributed by atoms with E-state index in [2.05, 4.69) is 47.5 Å². The van der Waals surface area contributed by atoms with E-state index in [1.807, 2.05) is 20.0 Å². The second-order valence-electron chi connectivity index (χ2n) is 8.70. The van der Waals surface area contributed by atoms with Crippen LogP contribution in [0.15, 0.2) is 21.0 Å². The van der Waals surface area contributed by atoms with Crippen LogP contribution in [-0.2, 0) is 13.1 Å². The zero-order valence-electron chi connectivity index (χ0n) is 19.4. The molecule has 2 aliphatic heterocycles. The van der Waals surface area contributed by atoms with Crippen LogP contribution in [0.5, 0.6) is 0 Å². The fourth-order valence-electron chi connectivity index (χ4n) is 4.47. The standard InChI is InChI=1S/C22H35N7OS.HI/c1-17-12-20(26-30-17)14-28-8-10-29(11-9-28)22(23-3)24-13-19-4-6-27(7-5-19)15-21-16-31-18(2)25-21;/h12,16,19H,4-11,13-15H2,1-3H3,(H,23,24);1H. The number of nitrogens with one attached hydrogen (secondary N) is 1. The molecule has 0 spiro atoms. The average molecular weight is 574 g/mol. The number of aliphatic imine (C=N–C) groups is 1. The van der Waals surface area contributed by atoms with Crippen molar-refractivity contribution in [2.45, 2.75) is 39.8 Å². The average Bonchev–Trinajstić information content (AvgIpc) is 3.38. The maximum atomic E-state index is 5.19. The highest BCUT2D eigenvalue weighted by molar-refractivity contribution is 14.0. The van der Waals surface area contributed by atoms with Crippen molar-refractivity contribution in [2.24, 2.45) is 10.9 Å². The first-order valence-corrected chi connectivity index (χ1v) is 12.2. The molecule has 4 rings (SSSR count). The summed E-state index contributed by atoms with van der Waals surface area (Å²) in [4.78, 5) is 16.5. The molecule has 0 atom stereocenters. The van der Waals surface area contributed by atoms with Crippen LogP contribution < -0.4 is 5.32 Å². The molecule has 2 aromatic heterocycles. The Morgan fingerprint density at radius 3 is 2.38 bits per heavy atom. The van der Waals surface area contributed by atoms with Crippen molar-refractivity contribution < 1.29 is 4.52 Å². The third-order valence-electron chi connectivity index (χ3n) is 6.25. The monoisotopic (exact) mass is 573 g/mol. The third-order valence-corrected chi connectivity index (χ3v) is 7.08. The van der Waals surface area contributed by atoms with E-state index in [-0.39, 0.29) is 24.0 Å². The van der Waals surface area contributed by atoms with Gasteiger partial charge in [-0.2, -0.15) is 0 Å². The van der Waals surface area contributed by atoms with Gasteiger partial charge in [-0.25, -0.2) is 4.98 Å². The van der Waals surface area contributed by atoms with E-state index in [1.54, 1.807) is 11.3 Å². The van der Waals surface area contributed by atoms with E-state index in [4.69, 9.17) is 4.52 Å². The molecule has 0 radical (unpaired) electrons. The number of aromatic nitrogens is 2. The molecule has 32 heavy (non-hydrogen) atoms. The molecule has 2 fully saturated rings. The summed E-state index contributed by atoms with van der Waals surface area (Å²) in [5.74, 6) is 2.63. The summed E-state index contributed by atoms with van der Waals surface area (Å²) in [7, 11) is 1.89. The Morgan fingerprint density at radius 1 is 1.09 bits per heavy atom. The predicted molar refractivity (Wildman–Crippen MR) is 140 cm³/mol. The molecule has 2 aliphatic rings. The van der Waals surface area contributed by atoms with Crippen LogP contribution in [-0.4, -0.2) is 83.7 Å². The Kier molecular flexibility index (Phi) is 9.75. The van der Waals surface area contributed by atoms with Crippen molar-refractivity contribution in [3.05, 3.63) is 33.6 Å². The van der Waals surface area contributed by atoms with Gasteiger partial charge in [0.25, 0.3) is 0 Å². The number of piperazine rings is 1. The van der Waals surface area contributed by atoms with Crippen LogP contribution in [0.2, 0.25) is 0 Å². The minimum absolute atomic E-state index is 0. The van der Waals surface area contributed by atoms with Crippen LogP contribution in [0.3, 0.4) is 0 Å². The summed E-state index contributed by atoms with van der Waals surface area (Å²) < 4.78 is 5.19. The Balaban J connectivity index is 0.00000289. The molecule has 2 saturated heterocycles. The minimum Gasteiger partial charge on any atom is -0.361 e. The summed E-state index contributed by atoms with van der Waals surface area (Å²) in [6.45, 7) is 13.2. The predicted octanol–water partition coefficient (Wildman–Crippen LogP) is 2.97. The van der Waals surface area contributed by atoms with E-state index >= 15 is 0 Å². The molecular weight excluding hydrogens is 537 g/mol. The van der Waals surface area contributed by atoms with Gasteiger partial charge in [-0.15, -0.1) is 35.3 Å². The Morgan fingerprint density at radius 2 is 1.78 bits per heavy atom. The van der Waals surface area contributed by atoms with Gasteiger partial charge < -0.3 is 14.7 Å². The topological polar surface area (TPSA) is 73.0 Å². The lowest BCUT2D eigenvalue weighted by atomic mass is 9.97. The number of hydrogen-bond donors (Lipinski definition) is 1. The van der Waals surface area contributed by atoms with Gasteiger partial charge in [-0.3, -0.25) is 14.8 Å². The van der Waals surface area contributed by atoms with E-state index in [0.29, 0.717) is 5.92 Å².